The molecule has 1 N–H and O–H groups in total. The van der Waals surface area contributed by atoms with Crippen molar-refractivity contribution >= 4 is 28.0 Å². The van der Waals surface area contributed by atoms with Gasteiger partial charge in [0.2, 0.25) is 0 Å². The summed E-state index contributed by atoms with van der Waals surface area (Å²) in [6.07, 6.45) is 8.58. The fourth-order valence-corrected chi connectivity index (χ4v) is 2.80. The van der Waals surface area contributed by atoms with Gasteiger partial charge in [0.1, 0.15) is 0 Å². The van der Waals surface area contributed by atoms with Crippen molar-refractivity contribution in [1.82, 2.24) is 24.3 Å². The first-order valence-corrected chi connectivity index (χ1v) is 8.06. The molecule has 0 radical (unpaired) electrons. The lowest BCUT2D eigenvalue weighted by Crippen LogP contribution is -2.15. The zero-order valence-corrected chi connectivity index (χ0v) is 13.5. The molecule has 0 aliphatic heterocycles. The van der Waals surface area contributed by atoms with Gasteiger partial charge in [0, 0.05) is 47.6 Å². The molecule has 4 rings (SSSR count). The quantitative estimate of drug-likeness (QED) is 0.622. The average Bonchev–Trinajstić information content (AvgIpc) is 3.24. The monoisotopic (exact) mass is 336 g/mol. The standard InChI is InChI=1S/C16H12N6OS/c1-10-2-3-11(8-19-10)12-9-22-6-4-17-13(14(22)20-12)15(23)21-16-18-5-7-24-16/h2-9H,1H3,(H,18,21,23). The fraction of sp³-hybridized carbons (Fsp3) is 0.0625. The lowest BCUT2D eigenvalue weighted by molar-refractivity contribution is 0.102. The molecule has 0 bridgehead atoms. The van der Waals surface area contributed by atoms with Crippen LogP contribution in [0.25, 0.3) is 16.9 Å². The van der Waals surface area contributed by atoms with Crippen LogP contribution in [-0.2, 0) is 0 Å². The summed E-state index contributed by atoms with van der Waals surface area (Å²) in [6, 6.07) is 3.88. The summed E-state index contributed by atoms with van der Waals surface area (Å²) >= 11 is 1.35. The van der Waals surface area contributed by atoms with Crippen LogP contribution in [-0.4, -0.2) is 30.2 Å². The maximum atomic E-state index is 12.4. The molecular formula is C16H12N6OS. The number of hydrogen-bond donors (Lipinski definition) is 1. The maximum Gasteiger partial charge on any atom is 0.279 e. The molecule has 8 heteroatoms. The van der Waals surface area contributed by atoms with Crippen LogP contribution in [0.2, 0.25) is 0 Å². The molecule has 0 spiro atoms. The Labute approximate surface area is 141 Å². The van der Waals surface area contributed by atoms with Crippen molar-refractivity contribution in [3.63, 3.8) is 0 Å². The summed E-state index contributed by atoms with van der Waals surface area (Å²) < 4.78 is 1.78. The van der Waals surface area contributed by atoms with Crippen LogP contribution in [0, 0.1) is 6.92 Å². The Morgan fingerprint density at radius 1 is 1.21 bits per heavy atom. The molecule has 24 heavy (non-hydrogen) atoms. The molecule has 4 aromatic heterocycles. The van der Waals surface area contributed by atoms with Crippen molar-refractivity contribution in [2.75, 3.05) is 5.32 Å². The highest BCUT2D eigenvalue weighted by Gasteiger charge is 2.16. The Morgan fingerprint density at radius 3 is 2.88 bits per heavy atom. The normalized spacial score (nSPS) is 10.9. The minimum absolute atomic E-state index is 0.249. The van der Waals surface area contributed by atoms with E-state index < -0.39 is 0 Å². The first-order chi connectivity index (χ1) is 11.7. The van der Waals surface area contributed by atoms with E-state index in [4.69, 9.17) is 0 Å². The molecule has 0 saturated carbocycles. The van der Waals surface area contributed by atoms with E-state index in [9.17, 15) is 4.79 Å². The van der Waals surface area contributed by atoms with Crippen molar-refractivity contribution in [1.29, 1.82) is 0 Å². The van der Waals surface area contributed by atoms with Gasteiger partial charge in [0.05, 0.1) is 5.69 Å². The van der Waals surface area contributed by atoms with Crippen molar-refractivity contribution in [3.8, 4) is 11.3 Å². The van der Waals surface area contributed by atoms with Gasteiger partial charge in [-0.1, -0.05) is 0 Å². The van der Waals surface area contributed by atoms with E-state index in [0.29, 0.717) is 10.8 Å². The number of fused-ring (bicyclic) bond motifs is 1. The lowest BCUT2D eigenvalue weighted by atomic mass is 10.2. The largest absolute Gasteiger partial charge is 0.303 e. The van der Waals surface area contributed by atoms with Gasteiger partial charge in [-0.05, 0) is 19.1 Å². The molecule has 118 valence electrons. The topological polar surface area (TPSA) is 85.1 Å². The van der Waals surface area contributed by atoms with Gasteiger partial charge < -0.3 is 4.40 Å². The lowest BCUT2D eigenvalue weighted by Gasteiger charge is -2.02. The van der Waals surface area contributed by atoms with Gasteiger partial charge in [-0.3, -0.25) is 15.1 Å². The van der Waals surface area contributed by atoms with E-state index in [1.165, 1.54) is 11.3 Å². The molecule has 0 aliphatic rings. The Balaban J connectivity index is 1.74. The van der Waals surface area contributed by atoms with Gasteiger partial charge in [-0.2, -0.15) is 0 Å². The summed E-state index contributed by atoms with van der Waals surface area (Å²) in [4.78, 5) is 29.5. The number of nitrogens with zero attached hydrogens (tertiary/aromatic N) is 5. The van der Waals surface area contributed by atoms with E-state index in [-0.39, 0.29) is 11.6 Å². The van der Waals surface area contributed by atoms with Gasteiger partial charge in [0.15, 0.2) is 16.5 Å². The maximum absolute atomic E-state index is 12.4. The number of carbonyl (C=O) groups is 1. The molecular weight excluding hydrogens is 324 g/mol. The molecule has 0 atom stereocenters. The van der Waals surface area contributed by atoms with Crippen molar-refractivity contribution in [2.24, 2.45) is 0 Å². The predicted octanol–water partition coefficient (Wildman–Crippen LogP) is 2.81. The highest BCUT2D eigenvalue weighted by molar-refractivity contribution is 7.13. The van der Waals surface area contributed by atoms with E-state index in [1.54, 1.807) is 34.6 Å². The first-order valence-electron chi connectivity index (χ1n) is 7.18. The van der Waals surface area contributed by atoms with Crippen LogP contribution in [0.3, 0.4) is 0 Å². The zero-order valence-electron chi connectivity index (χ0n) is 12.7. The number of aryl methyl sites for hydroxylation is 1. The molecule has 0 fully saturated rings. The summed E-state index contributed by atoms with van der Waals surface area (Å²) in [6.45, 7) is 1.93. The van der Waals surface area contributed by atoms with Crippen LogP contribution in [0.15, 0.2) is 48.5 Å². The predicted molar refractivity (Wildman–Crippen MR) is 91.0 cm³/mol. The number of carbonyl (C=O) groups excluding carboxylic acids is 1. The van der Waals surface area contributed by atoms with Crippen LogP contribution >= 0.6 is 11.3 Å². The van der Waals surface area contributed by atoms with Crippen molar-refractivity contribution in [3.05, 3.63) is 59.9 Å². The van der Waals surface area contributed by atoms with E-state index in [1.807, 2.05) is 25.3 Å². The number of pyridine rings is 1. The molecule has 4 heterocycles. The molecule has 0 aliphatic carbocycles. The highest BCUT2D eigenvalue weighted by Crippen LogP contribution is 2.20. The average molecular weight is 336 g/mol. The van der Waals surface area contributed by atoms with E-state index in [2.05, 4.69) is 25.3 Å². The molecule has 0 unspecified atom stereocenters. The van der Waals surface area contributed by atoms with Crippen LogP contribution in [0.1, 0.15) is 16.2 Å². The molecule has 1 amide bonds. The minimum atomic E-state index is -0.338. The number of anilines is 1. The second-order valence-electron chi connectivity index (χ2n) is 5.11. The third kappa shape index (κ3) is 2.63. The molecule has 0 aromatic carbocycles. The second-order valence-corrected chi connectivity index (χ2v) is 6.01. The van der Waals surface area contributed by atoms with Gasteiger partial charge in [-0.25, -0.2) is 15.0 Å². The highest BCUT2D eigenvalue weighted by atomic mass is 32.1. The van der Waals surface area contributed by atoms with Crippen LogP contribution < -0.4 is 5.32 Å². The molecule has 4 aromatic rings. The van der Waals surface area contributed by atoms with Crippen LogP contribution in [0.4, 0.5) is 5.13 Å². The number of aromatic nitrogens is 5. The van der Waals surface area contributed by atoms with E-state index in [0.717, 1.165) is 17.0 Å². The third-order valence-corrected chi connectivity index (χ3v) is 4.14. The number of thiazole rings is 1. The van der Waals surface area contributed by atoms with Crippen molar-refractivity contribution < 1.29 is 4.79 Å². The minimum Gasteiger partial charge on any atom is -0.303 e. The number of hydrogen-bond acceptors (Lipinski definition) is 6. The number of nitrogens with one attached hydrogen (secondary N) is 1. The molecule has 0 saturated heterocycles. The van der Waals surface area contributed by atoms with Gasteiger partial charge in [0.25, 0.3) is 5.91 Å². The smallest absolute Gasteiger partial charge is 0.279 e. The SMILES string of the molecule is Cc1ccc(-c2cn3ccnc(C(=O)Nc4nccs4)c3n2)cn1. The fourth-order valence-electron chi connectivity index (χ4n) is 2.28. The summed E-state index contributed by atoms with van der Waals surface area (Å²) in [5.41, 5.74) is 3.29. The van der Waals surface area contributed by atoms with Gasteiger partial charge >= 0.3 is 0 Å². The van der Waals surface area contributed by atoms with Crippen LogP contribution in [0.5, 0.6) is 0 Å². The Kier molecular flexibility index (Phi) is 3.51. The van der Waals surface area contributed by atoms with Crippen molar-refractivity contribution in [2.45, 2.75) is 6.92 Å². The molecule has 7 nitrogen and oxygen atoms in total. The van der Waals surface area contributed by atoms with E-state index >= 15 is 0 Å². The summed E-state index contributed by atoms with van der Waals surface area (Å²) in [7, 11) is 0. The Morgan fingerprint density at radius 2 is 2.12 bits per heavy atom. The summed E-state index contributed by atoms with van der Waals surface area (Å²) in [5.74, 6) is -0.338. The third-order valence-electron chi connectivity index (χ3n) is 3.45. The summed E-state index contributed by atoms with van der Waals surface area (Å²) in [5, 5.41) is 5.05. The number of amides is 1. The Hall–Kier alpha value is -3.13. The Bertz CT molecular complexity index is 1010. The number of rotatable bonds is 3. The second kappa shape index (κ2) is 5.82. The first kappa shape index (κ1) is 14.5. The number of imidazole rings is 1. The zero-order chi connectivity index (χ0) is 16.5. The van der Waals surface area contributed by atoms with Gasteiger partial charge in [-0.15, -0.1) is 11.3 Å².